The van der Waals surface area contributed by atoms with E-state index in [2.05, 4.69) is 0 Å². The molecule has 0 aliphatic heterocycles. The van der Waals surface area contributed by atoms with E-state index in [-0.39, 0.29) is 48.8 Å². The third-order valence-electron chi connectivity index (χ3n) is 1.70. The van der Waals surface area contributed by atoms with E-state index in [1.165, 1.54) is 25.1 Å². The summed E-state index contributed by atoms with van der Waals surface area (Å²) in [6.45, 7) is 1.50. The second-order valence-electron chi connectivity index (χ2n) is 2.57. The maximum Gasteiger partial charge on any atom is 1.00 e. The molecule has 0 aromatic heterocycles. The number of aryl methyl sites for hydroxylation is 1. The molecule has 0 bridgehead atoms. The standard InChI is InChI=1S/C9H8O4.2Li/c1-5-3-2-4-6(8(10)11)7(5)9(12)13;;/h2-4H,1H3,(H,10,11)(H,12,13);;/q;2*+1/p-2. The van der Waals surface area contributed by atoms with Crippen LogP contribution >= 0.6 is 0 Å². The minimum absolute atomic E-state index is 0. The quantitative estimate of drug-likeness (QED) is 0.436. The van der Waals surface area contributed by atoms with Crippen molar-refractivity contribution in [1.82, 2.24) is 0 Å². The number of hydrogen-bond acceptors (Lipinski definition) is 4. The van der Waals surface area contributed by atoms with Gasteiger partial charge in [-0.3, -0.25) is 0 Å². The number of benzene rings is 1. The maximum atomic E-state index is 10.5. The molecule has 0 saturated heterocycles. The zero-order chi connectivity index (χ0) is 10.0. The molecule has 1 rings (SSSR count). The molecule has 6 heteroatoms. The topological polar surface area (TPSA) is 80.3 Å². The van der Waals surface area contributed by atoms with Gasteiger partial charge in [-0.05, 0) is 12.5 Å². The van der Waals surface area contributed by atoms with E-state index in [0.29, 0.717) is 5.56 Å². The zero-order valence-electron chi connectivity index (χ0n) is 8.87. The van der Waals surface area contributed by atoms with E-state index in [1.54, 1.807) is 0 Å². The number of carboxylic acids is 2. The predicted molar refractivity (Wildman–Crippen MR) is 39.8 cm³/mol. The zero-order valence-corrected chi connectivity index (χ0v) is 8.87. The van der Waals surface area contributed by atoms with Crippen LogP contribution in [0.25, 0.3) is 0 Å². The Bertz CT molecular complexity index is 376. The fraction of sp³-hybridized carbons (Fsp3) is 0.111. The SMILES string of the molecule is Cc1cccc(C(=O)[O-])c1C(=O)[O-].[Li+].[Li+]. The number of hydrogen-bond donors (Lipinski definition) is 0. The van der Waals surface area contributed by atoms with E-state index in [9.17, 15) is 19.8 Å². The maximum absolute atomic E-state index is 10.5. The Labute approximate surface area is 111 Å². The van der Waals surface area contributed by atoms with Crippen LogP contribution in [-0.4, -0.2) is 11.9 Å². The average Bonchev–Trinajstić information content (AvgIpc) is 2.02. The summed E-state index contributed by atoms with van der Waals surface area (Å²) >= 11 is 0. The molecule has 0 aliphatic carbocycles. The molecule has 1 aromatic carbocycles. The van der Waals surface area contributed by atoms with Gasteiger partial charge in [0.15, 0.2) is 0 Å². The van der Waals surface area contributed by atoms with Crippen LogP contribution in [0.3, 0.4) is 0 Å². The van der Waals surface area contributed by atoms with Crippen LogP contribution < -0.4 is 47.9 Å². The monoisotopic (exact) mass is 192 g/mol. The van der Waals surface area contributed by atoms with Gasteiger partial charge in [0.25, 0.3) is 0 Å². The van der Waals surface area contributed by atoms with Crippen LogP contribution in [0, 0.1) is 6.92 Å². The van der Waals surface area contributed by atoms with E-state index in [4.69, 9.17) is 0 Å². The molecule has 0 saturated carbocycles. The number of carboxylic acid groups (broad SMARTS) is 2. The van der Waals surface area contributed by atoms with Crippen LogP contribution in [0.4, 0.5) is 0 Å². The Morgan fingerprint density at radius 2 is 1.60 bits per heavy atom. The van der Waals surface area contributed by atoms with Gasteiger partial charge < -0.3 is 19.8 Å². The van der Waals surface area contributed by atoms with Crippen molar-refractivity contribution in [3.8, 4) is 0 Å². The molecule has 0 unspecified atom stereocenters. The van der Waals surface area contributed by atoms with E-state index in [1.807, 2.05) is 0 Å². The first kappa shape index (κ1) is 16.8. The van der Waals surface area contributed by atoms with Crippen molar-refractivity contribution in [2.45, 2.75) is 6.92 Å². The third kappa shape index (κ3) is 3.78. The molecule has 0 N–H and O–H groups in total. The normalized spacial score (nSPS) is 8.33. The second kappa shape index (κ2) is 6.77. The number of aromatic carboxylic acids is 2. The molecule has 0 amide bonds. The average molecular weight is 192 g/mol. The minimum Gasteiger partial charge on any atom is -0.545 e. The summed E-state index contributed by atoms with van der Waals surface area (Å²) in [5.41, 5.74) is -0.316. The molecule has 0 heterocycles. The van der Waals surface area contributed by atoms with Gasteiger partial charge in [0.05, 0.1) is 11.9 Å². The Balaban J connectivity index is 0. The van der Waals surface area contributed by atoms with Gasteiger partial charge in [-0.25, -0.2) is 0 Å². The van der Waals surface area contributed by atoms with Crippen molar-refractivity contribution >= 4 is 11.9 Å². The molecular formula is C9H6Li2O4. The van der Waals surface area contributed by atoms with Gasteiger partial charge in [0.1, 0.15) is 0 Å². The van der Waals surface area contributed by atoms with E-state index in [0.717, 1.165) is 0 Å². The first-order valence-electron chi connectivity index (χ1n) is 3.56. The molecule has 68 valence electrons. The van der Waals surface area contributed by atoms with Gasteiger partial charge in [-0.1, -0.05) is 18.2 Å². The molecule has 0 aliphatic rings. The molecular weight excluding hydrogens is 186 g/mol. The first-order valence-corrected chi connectivity index (χ1v) is 3.56. The smallest absolute Gasteiger partial charge is 0.545 e. The second-order valence-corrected chi connectivity index (χ2v) is 2.57. The van der Waals surface area contributed by atoms with Crippen LogP contribution in [0.2, 0.25) is 0 Å². The molecule has 4 nitrogen and oxygen atoms in total. The van der Waals surface area contributed by atoms with Crippen molar-refractivity contribution in [3.63, 3.8) is 0 Å². The predicted octanol–water partition coefficient (Wildman–Crippen LogP) is -7.27. The summed E-state index contributed by atoms with van der Waals surface area (Å²) in [6.07, 6.45) is 0. The molecule has 0 spiro atoms. The summed E-state index contributed by atoms with van der Waals surface area (Å²) in [5.74, 6) is -3.01. The Hall–Kier alpha value is -0.645. The minimum atomic E-state index is -1.51. The fourth-order valence-corrected chi connectivity index (χ4v) is 1.11. The van der Waals surface area contributed by atoms with Gasteiger partial charge in [0, 0.05) is 11.1 Å². The summed E-state index contributed by atoms with van der Waals surface area (Å²) in [4.78, 5) is 21.0. The molecule has 1 aromatic rings. The van der Waals surface area contributed by atoms with E-state index >= 15 is 0 Å². The summed E-state index contributed by atoms with van der Waals surface area (Å²) < 4.78 is 0. The van der Waals surface area contributed by atoms with Crippen LogP contribution in [-0.2, 0) is 0 Å². The van der Waals surface area contributed by atoms with Crippen molar-refractivity contribution in [2.24, 2.45) is 0 Å². The largest absolute Gasteiger partial charge is 1.00 e. The van der Waals surface area contributed by atoms with Gasteiger partial charge in [0.2, 0.25) is 0 Å². The van der Waals surface area contributed by atoms with Crippen molar-refractivity contribution < 1.29 is 57.5 Å². The van der Waals surface area contributed by atoms with Crippen LogP contribution in [0.5, 0.6) is 0 Å². The first-order chi connectivity index (χ1) is 6.04. The Kier molecular flexibility index (Phi) is 7.57. The number of carbonyl (C=O) groups excluding carboxylic acids is 2. The van der Waals surface area contributed by atoms with Gasteiger partial charge >= 0.3 is 37.7 Å². The van der Waals surface area contributed by atoms with Gasteiger partial charge in [-0.2, -0.15) is 0 Å². The Morgan fingerprint density at radius 3 is 1.93 bits per heavy atom. The molecule has 15 heavy (non-hydrogen) atoms. The summed E-state index contributed by atoms with van der Waals surface area (Å²) in [6, 6.07) is 4.12. The number of rotatable bonds is 2. The molecule has 0 radical (unpaired) electrons. The van der Waals surface area contributed by atoms with Crippen molar-refractivity contribution in [3.05, 3.63) is 34.9 Å². The third-order valence-corrected chi connectivity index (χ3v) is 1.70. The van der Waals surface area contributed by atoms with Crippen molar-refractivity contribution in [2.75, 3.05) is 0 Å². The van der Waals surface area contributed by atoms with Crippen molar-refractivity contribution in [1.29, 1.82) is 0 Å². The molecule has 0 fully saturated rings. The van der Waals surface area contributed by atoms with Crippen LogP contribution in [0.15, 0.2) is 18.2 Å². The Morgan fingerprint density at radius 1 is 1.07 bits per heavy atom. The molecule has 0 atom stereocenters. The summed E-state index contributed by atoms with van der Waals surface area (Å²) in [5, 5.41) is 21.0. The fourth-order valence-electron chi connectivity index (χ4n) is 1.11. The summed E-state index contributed by atoms with van der Waals surface area (Å²) in [7, 11) is 0. The van der Waals surface area contributed by atoms with Gasteiger partial charge in [-0.15, -0.1) is 0 Å². The van der Waals surface area contributed by atoms with Crippen LogP contribution in [0.1, 0.15) is 26.3 Å². The van der Waals surface area contributed by atoms with E-state index < -0.39 is 11.9 Å². The number of carbonyl (C=O) groups is 2.